The van der Waals surface area contributed by atoms with Gasteiger partial charge in [0.25, 0.3) is 0 Å². The number of benzene rings is 1. The summed E-state index contributed by atoms with van der Waals surface area (Å²) in [5, 5.41) is 4.28. The Balaban J connectivity index is 2.16. The van der Waals surface area contributed by atoms with E-state index in [2.05, 4.69) is 24.1 Å². The van der Waals surface area contributed by atoms with E-state index in [9.17, 15) is 0 Å². The van der Waals surface area contributed by atoms with E-state index in [1.54, 1.807) is 7.11 Å². The van der Waals surface area contributed by atoms with Crippen molar-refractivity contribution in [1.29, 1.82) is 0 Å². The summed E-state index contributed by atoms with van der Waals surface area (Å²) in [6.07, 6.45) is 1.20. The van der Waals surface area contributed by atoms with Crippen LogP contribution in [0, 0.1) is 5.92 Å². The molecule has 1 aliphatic heterocycles. The minimum absolute atomic E-state index is 0.581. The lowest BCUT2D eigenvalue weighted by atomic mass is 9.95. The largest absolute Gasteiger partial charge is 0.496 e. The number of nitrogens with one attached hydrogen (secondary N) is 1. The maximum atomic E-state index is 6.13. The van der Waals surface area contributed by atoms with Crippen molar-refractivity contribution in [3.05, 3.63) is 28.8 Å². The minimum atomic E-state index is 0.581. The van der Waals surface area contributed by atoms with Gasteiger partial charge in [0.05, 0.1) is 7.11 Å². The first-order valence-electron chi connectivity index (χ1n) is 7.42. The monoisotopic (exact) mass is 296 g/mol. The summed E-state index contributed by atoms with van der Waals surface area (Å²) in [5.41, 5.74) is 1.18. The molecule has 1 aromatic rings. The summed E-state index contributed by atoms with van der Waals surface area (Å²) < 4.78 is 5.46. The first kappa shape index (κ1) is 15.6. The summed E-state index contributed by atoms with van der Waals surface area (Å²) >= 11 is 6.13. The number of halogens is 1. The summed E-state index contributed by atoms with van der Waals surface area (Å²) in [7, 11) is 1.72. The quantitative estimate of drug-likeness (QED) is 0.903. The second-order valence-electron chi connectivity index (χ2n) is 5.58. The van der Waals surface area contributed by atoms with Gasteiger partial charge in [0.2, 0.25) is 0 Å². The third-order valence-corrected chi connectivity index (χ3v) is 4.55. The number of hydrogen-bond donors (Lipinski definition) is 1. The highest BCUT2D eigenvalue weighted by Crippen LogP contribution is 2.26. The van der Waals surface area contributed by atoms with Gasteiger partial charge in [-0.1, -0.05) is 31.9 Å². The van der Waals surface area contributed by atoms with Gasteiger partial charge >= 0.3 is 0 Å². The van der Waals surface area contributed by atoms with Gasteiger partial charge in [0.15, 0.2) is 0 Å². The molecule has 0 aliphatic carbocycles. The van der Waals surface area contributed by atoms with Crippen molar-refractivity contribution in [2.24, 2.45) is 5.92 Å². The van der Waals surface area contributed by atoms with E-state index in [1.165, 1.54) is 12.0 Å². The molecule has 2 rings (SSSR count). The zero-order chi connectivity index (χ0) is 14.5. The number of nitrogens with zero attached hydrogens (tertiary/aromatic N) is 1. The van der Waals surface area contributed by atoms with Crippen molar-refractivity contribution < 1.29 is 4.74 Å². The summed E-state index contributed by atoms with van der Waals surface area (Å²) in [6.45, 7) is 8.69. The highest BCUT2D eigenvalue weighted by Gasteiger charge is 2.26. The highest BCUT2D eigenvalue weighted by molar-refractivity contribution is 6.30. The lowest BCUT2D eigenvalue weighted by molar-refractivity contribution is 0.108. The Morgan fingerprint density at radius 1 is 1.50 bits per heavy atom. The second-order valence-corrected chi connectivity index (χ2v) is 6.02. The van der Waals surface area contributed by atoms with Crippen LogP contribution in [0.2, 0.25) is 5.02 Å². The molecule has 0 radical (unpaired) electrons. The third-order valence-electron chi connectivity index (χ3n) is 4.31. The fraction of sp³-hybridized carbons (Fsp3) is 0.625. The van der Waals surface area contributed by atoms with Crippen LogP contribution in [0.1, 0.15) is 25.8 Å². The predicted octanol–water partition coefficient (Wildman–Crippen LogP) is 3.17. The van der Waals surface area contributed by atoms with Crippen LogP contribution in [0.4, 0.5) is 0 Å². The van der Waals surface area contributed by atoms with Crippen LogP contribution in [0.25, 0.3) is 0 Å². The normalized spacial score (nSPS) is 21.7. The molecule has 1 saturated heterocycles. The van der Waals surface area contributed by atoms with E-state index < -0.39 is 0 Å². The van der Waals surface area contributed by atoms with Crippen molar-refractivity contribution >= 4 is 11.6 Å². The van der Waals surface area contributed by atoms with Crippen molar-refractivity contribution in [3.63, 3.8) is 0 Å². The molecule has 1 fully saturated rings. The number of ether oxygens (including phenoxy) is 1. The summed E-state index contributed by atoms with van der Waals surface area (Å²) in [4.78, 5) is 2.55. The predicted molar refractivity (Wildman–Crippen MR) is 84.5 cm³/mol. The van der Waals surface area contributed by atoms with Crippen molar-refractivity contribution in [2.75, 3.05) is 26.7 Å². The molecule has 20 heavy (non-hydrogen) atoms. The number of methoxy groups -OCH3 is 1. The van der Waals surface area contributed by atoms with Crippen molar-refractivity contribution in [2.45, 2.75) is 32.9 Å². The van der Waals surface area contributed by atoms with Crippen LogP contribution in [0.5, 0.6) is 5.75 Å². The first-order valence-corrected chi connectivity index (χ1v) is 7.80. The molecule has 4 heteroatoms. The molecule has 0 bridgehead atoms. The molecule has 3 nitrogen and oxygen atoms in total. The van der Waals surface area contributed by atoms with Gasteiger partial charge < -0.3 is 10.1 Å². The van der Waals surface area contributed by atoms with Gasteiger partial charge in [-0.15, -0.1) is 0 Å². The Labute approximate surface area is 127 Å². The highest BCUT2D eigenvalue weighted by atomic mass is 35.5. The van der Waals surface area contributed by atoms with E-state index >= 15 is 0 Å². The fourth-order valence-electron chi connectivity index (χ4n) is 2.89. The van der Waals surface area contributed by atoms with E-state index in [0.717, 1.165) is 37.0 Å². The van der Waals surface area contributed by atoms with Crippen LogP contribution >= 0.6 is 11.6 Å². The molecular weight excluding hydrogens is 272 g/mol. The maximum absolute atomic E-state index is 6.13. The van der Waals surface area contributed by atoms with Crippen LogP contribution < -0.4 is 10.1 Å². The van der Waals surface area contributed by atoms with E-state index in [4.69, 9.17) is 16.3 Å². The van der Waals surface area contributed by atoms with Gasteiger partial charge in [-0.3, -0.25) is 4.90 Å². The van der Waals surface area contributed by atoms with E-state index in [-0.39, 0.29) is 0 Å². The Bertz CT molecular complexity index is 438. The molecule has 0 aromatic heterocycles. The first-order chi connectivity index (χ1) is 9.65. The lowest BCUT2D eigenvalue weighted by Gasteiger charge is -2.39. The molecule has 0 saturated carbocycles. The van der Waals surface area contributed by atoms with Crippen LogP contribution in [-0.4, -0.2) is 37.7 Å². The Hall–Kier alpha value is -0.770. The molecule has 0 amide bonds. The average molecular weight is 297 g/mol. The molecular formula is C16H25ClN2O. The Kier molecular flexibility index (Phi) is 5.70. The summed E-state index contributed by atoms with van der Waals surface area (Å²) in [5.74, 6) is 1.61. The standard InChI is InChI=1S/C16H25ClN2O/c1-4-12(2)15-10-18-7-8-19(15)11-13-9-14(17)5-6-16(13)20-3/h5-6,9,12,15,18H,4,7-8,10-11H2,1-3H3. The SMILES string of the molecule is CCC(C)C1CNCCN1Cc1cc(Cl)ccc1OC. The smallest absolute Gasteiger partial charge is 0.123 e. The van der Waals surface area contributed by atoms with Crippen LogP contribution in [-0.2, 0) is 6.54 Å². The molecule has 1 aromatic carbocycles. The van der Waals surface area contributed by atoms with E-state index in [0.29, 0.717) is 12.0 Å². The number of piperazine rings is 1. The molecule has 0 spiro atoms. The van der Waals surface area contributed by atoms with Gasteiger partial charge in [0, 0.05) is 42.8 Å². The minimum Gasteiger partial charge on any atom is -0.496 e. The fourth-order valence-corrected chi connectivity index (χ4v) is 3.08. The summed E-state index contributed by atoms with van der Waals surface area (Å²) in [6, 6.07) is 6.44. The van der Waals surface area contributed by atoms with Gasteiger partial charge in [-0.2, -0.15) is 0 Å². The molecule has 1 aliphatic rings. The topological polar surface area (TPSA) is 24.5 Å². The van der Waals surface area contributed by atoms with Gasteiger partial charge in [-0.05, 0) is 24.1 Å². The third kappa shape index (κ3) is 3.66. The van der Waals surface area contributed by atoms with Gasteiger partial charge in [0.1, 0.15) is 5.75 Å². The van der Waals surface area contributed by atoms with E-state index in [1.807, 2.05) is 18.2 Å². The molecule has 1 heterocycles. The molecule has 2 atom stereocenters. The van der Waals surface area contributed by atoms with Crippen LogP contribution in [0.15, 0.2) is 18.2 Å². The maximum Gasteiger partial charge on any atom is 0.123 e. The Morgan fingerprint density at radius 3 is 3.00 bits per heavy atom. The van der Waals surface area contributed by atoms with Crippen molar-refractivity contribution in [3.8, 4) is 5.75 Å². The molecule has 2 unspecified atom stereocenters. The second kappa shape index (κ2) is 7.30. The van der Waals surface area contributed by atoms with Crippen molar-refractivity contribution in [1.82, 2.24) is 10.2 Å². The van der Waals surface area contributed by atoms with Crippen LogP contribution in [0.3, 0.4) is 0 Å². The zero-order valence-electron chi connectivity index (χ0n) is 12.7. The average Bonchev–Trinajstić information content (AvgIpc) is 2.47. The zero-order valence-corrected chi connectivity index (χ0v) is 13.4. The van der Waals surface area contributed by atoms with Gasteiger partial charge in [-0.25, -0.2) is 0 Å². The molecule has 1 N–H and O–H groups in total. The number of rotatable bonds is 5. The molecule has 112 valence electrons. The number of hydrogen-bond acceptors (Lipinski definition) is 3. The lowest BCUT2D eigenvalue weighted by Crippen LogP contribution is -2.53. The Morgan fingerprint density at radius 2 is 2.30 bits per heavy atom.